The van der Waals surface area contributed by atoms with Crippen LogP contribution in [0.4, 0.5) is 0 Å². The Morgan fingerprint density at radius 2 is 1.48 bits per heavy atom. The topological polar surface area (TPSA) is 33.1 Å². The van der Waals surface area contributed by atoms with Gasteiger partial charge in [0.1, 0.15) is 5.60 Å². The molecule has 1 heterocycles. The average Bonchev–Trinajstić information content (AvgIpc) is 3.09. The van der Waals surface area contributed by atoms with E-state index in [1.54, 1.807) is 0 Å². The summed E-state index contributed by atoms with van der Waals surface area (Å²) < 4.78 is 0. The van der Waals surface area contributed by atoms with Crippen molar-refractivity contribution < 1.29 is 5.11 Å². The highest BCUT2D eigenvalue weighted by molar-refractivity contribution is 6.04. The Bertz CT molecular complexity index is 1340. The third-order valence-electron chi connectivity index (χ3n) is 6.83. The Morgan fingerprint density at radius 3 is 2.12 bits per heavy atom. The smallest absolute Gasteiger partial charge is 0.114 e. The zero-order valence-electron chi connectivity index (χ0n) is 19.7. The molecule has 1 N–H and O–H groups in total. The molecule has 1 aromatic heterocycles. The molecule has 33 heavy (non-hydrogen) atoms. The molecule has 0 spiro atoms. The van der Waals surface area contributed by atoms with Crippen LogP contribution in [0.5, 0.6) is 0 Å². The SMILES string of the molecule is CCCC1=C(c2ccccc2)c2c(c(-c3ccccc3)nc3ccc(C)cc23)C1(O)CCC. The summed E-state index contributed by atoms with van der Waals surface area (Å²) in [5.41, 5.74) is 8.75. The van der Waals surface area contributed by atoms with Crippen LogP contribution in [0.15, 0.2) is 84.4 Å². The van der Waals surface area contributed by atoms with E-state index in [2.05, 4.69) is 93.6 Å². The molecule has 3 aromatic carbocycles. The quantitative estimate of drug-likeness (QED) is 0.336. The van der Waals surface area contributed by atoms with Gasteiger partial charge in [-0.05, 0) is 48.6 Å². The number of aliphatic hydroxyl groups is 1. The Labute approximate surface area is 196 Å². The maximum atomic E-state index is 12.5. The second kappa shape index (κ2) is 8.61. The van der Waals surface area contributed by atoms with E-state index in [0.717, 1.165) is 58.1 Å². The number of hydrogen-bond donors (Lipinski definition) is 1. The monoisotopic (exact) mass is 433 g/mol. The summed E-state index contributed by atoms with van der Waals surface area (Å²) in [7, 11) is 0. The minimum absolute atomic E-state index is 0.685. The number of aromatic nitrogens is 1. The lowest BCUT2D eigenvalue weighted by molar-refractivity contribution is 0.0663. The molecule has 0 saturated heterocycles. The van der Waals surface area contributed by atoms with Crippen LogP contribution in [0.25, 0.3) is 27.7 Å². The summed E-state index contributed by atoms with van der Waals surface area (Å²) in [5, 5.41) is 13.7. The van der Waals surface area contributed by atoms with Crippen molar-refractivity contribution in [3.63, 3.8) is 0 Å². The molecule has 5 rings (SSSR count). The van der Waals surface area contributed by atoms with Gasteiger partial charge in [0.05, 0.1) is 11.2 Å². The Kier molecular flexibility index (Phi) is 5.64. The molecule has 2 nitrogen and oxygen atoms in total. The molecular weight excluding hydrogens is 402 g/mol. The van der Waals surface area contributed by atoms with Gasteiger partial charge in [0.15, 0.2) is 0 Å². The van der Waals surface area contributed by atoms with Crippen molar-refractivity contribution in [2.75, 3.05) is 0 Å². The van der Waals surface area contributed by atoms with E-state index < -0.39 is 5.60 Å². The first-order valence-electron chi connectivity index (χ1n) is 12.1. The first-order valence-corrected chi connectivity index (χ1v) is 12.1. The summed E-state index contributed by atoms with van der Waals surface area (Å²) in [6, 6.07) is 27.4. The largest absolute Gasteiger partial charge is 0.381 e. The van der Waals surface area contributed by atoms with Gasteiger partial charge in [-0.15, -0.1) is 0 Å². The van der Waals surface area contributed by atoms with E-state index in [-0.39, 0.29) is 0 Å². The van der Waals surface area contributed by atoms with Gasteiger partial charge in [0.2, 0.25) is 0 Å². The van der Waals surface area contributed by atoms with Gasteiger partial charge in [-0.3, -0.25) is 0 Å². The number of rotatable bonds is 6. The van der Waals surface area contributed by atoms with Gasteiger partial charge >= 0.3 is 0 Å². The molecular formula is C31H31NO. The number of nitrogens with zero attached hydrogens (tertiary/aromatic N) is 1. The molecule has 1 aliphatic carbocycles. The van der Waals surface area contributed by atoms with Crippen LogP contribution >= 0.6 is 0 Å². The normalized spacial score (nSPS) is 17.6. The van der Waals surface area contributed by atoms with E-state index in [4.69, 9.17) is 4.98 Å². The predicted molar refractivity (Wildman–Crippen MR) is 138 cm³/mol. The Hall–Kier alpha value is -3.23. The molecule has 1 unspecified atom stereocenters. The molecule has 0 bridgehead atoms. The number of aryl methyl sites for hydroxylation is 1. The second-order valence-corrected chi connectivity index (χ2v) is 9.18. The third-order valence-corrected chi connectivity index (χ3v) is 6.83. The first-order chi connectivity index (χ1) is 16.1. The average molecular weight is 434 g/mol. The zero-order chi connectivity index (χ0) is 23.0. The van der Waals surface area contributed by atoms with Crippen LogP contribution in [-0.2, 0) is 5.60 Å². The van der Waals surface area contributed by atoms with Gasteiger partial charge in [-0.25, -0.2) is 4.98 Å². The van der Waals surface area contributed by atoms with E-state index in [0.29, 0.717) is 6.42 Å². The van der Waals surface area contributed by atoms with Gasteiger partial charge in [-0.2, -0.15) is 0 Å². The molecule has 4 aromatic rings. The van der Waals surface area contributed by atoms with Gasteiger partial charge in [0.25, 0.3) is 0 Å². The lowest BCUT2D eigenvalue weighted by Crippen LogP contribution is -2.27. The van der Waals surface area contributed by atoms with Crippen LogP contribution in [0.1, 0.15) is 61.8 Å². The molecule has 0 saturated carbocycles. The fourth-order valence-electron chi connectivity index (χ4n) is 5.50. The molecule has 1 atom stereocenters. The van der Waals surface area contributed by atoms with Crippen LogP contribution in [0.3, 0.4) is 0 Å². The maximum absolute atomic E-state index is 12.5. The van der Waals surface area contributed by atoms with Crippen molar-refractivity contribution >= 4 is 16.5 Å². The summed E-state index contributed by atoms with van der Waals surface area (Å²) in [6.45, 7) is 6.48. The van der Waals surface area contributed by atoms with E-state index in [1.165, 1.54) is 16.7 Å². The Balaban J connectivity index is 1.98. The maximum Gasteiger partial charge on any atom is 0.114 e. The van der Waals surface area contributed by atoms with E-state index >= 15 is 0 Å². The van der Waals surface area contributed by atoms with Gasteiger partial charge in [-0.1, -0.05) is 99.0 Å². The van der Waals surface area contributed by atoms with Crippen LogP contribution < -0.4 is 0 Å². The summed E-state index contributed by atoms with van der Waals surface area (Å²) >= 11 is 0. The van der Waals surface area contributed by atoms with Crippen molar-refractivity contribution in [1.29, 1.82) is 0 Å². The van der Waals surface area contributed by atoms with Crippen LogP contribution in [0.2, 0.25) is 0 Å². The van der Waals surface area contributed by atoms with Crippen molar-refractivity contribution in [2.24, 2.45) is 0 Å². The highest BCUT2D eigenvalue weighted by Gasteiger charge is 2.46. The lowest BCUT2D eigenvalue weighted by Gasteiger charge is -2.30. The summed E-state index contributed by atoms with van der Waals surface area (Å²) in [6.07, 6.45) is 3.42. The van der Waals surface area contributed by atoms with Gasteiger partial charge in [0, 0.05) is 22.1 Å². The fraction of sp³-hybridized carbons (Fsp3) is 0.258. The standard InChI is InChI=1S/C31H31NO/c1-4-12-25-27(22-13-8-6-9-14-22)28-24-20-21(3)17-18-26(24)32-30(23-15-10-7-11-16-23)29(28)31(25,33)19-5-2/h6-11,13-18,20,33H,4-5,12,19H2,1-3H3. The van der Waals surface area contributed by atoms with Crippen molar-refractivity contribution in [2.45, 2.75) is 52.1 Å². The second-order valence-electron chi connectivity index (χ2n) is 9.18. The number of hydrogen-bond acceptors (Lipinski definition) is 2. The van der Waals surface area contributed by atoms with E-state index in [1.807, 2.05) is 6.07 Å². The van der Waals surface area contributed by atoms with Crippen LogP contribution in [0, 0.1) is 6.92 Å². The van der Waals surface area contributed by atoms with Crippen molar-refractivity contribution in [3.8, 4) is 11.3 Å². The zero-order valence-corrected chi connectivity index (χ0v) is 19.7. The molecule has 0 aliphatic heterocycles. The van der Waals surface area contributed by atoms with E-state index in [9.17, 15) is 5.11 Å². The molecule has 0 radical (unpaired) electrons. The summed E-state index contributed by atoms with van der Waals surface area (Å²) in [4.78, 5) is 5.17. The predicted octanol–water partition coefficient (Wildman–Crippen LogP) is 7.81. The minimum Gasteiger partial charge on any atom is -0.381 e. The molecule has 0 amide bonds. The highest BCUT2D eigenvalue weighted by Crippen LogP contribution is 2.55. The minimum atomic E-state index is -1.03. The fourth-order valence-corrected chi connectivity index (χ4v) is 5.50. The van der Waals surface area contributed by atoms with Crippen LogP contribution in [-0.4, -0.2) is 10.1 Å². The first kappa shape index (κ1) is 21.6. The molecule has 166 valence electrons. The highest BCUT2D eigenvalue weighted by atomic mass is 16.3. The lowest BCUT2D eigenvalue weighted by atomic mass is 9.81. The molecule has 2 heteroatoms. The number of pyridine rings is 1. The summed E-state index contributed by atoms with van der Waals surface area (Å²) in [5.74, 6) is 0. The molecule has 1 aliphatic rings. The number of benzene rings is 3. The van der Waals surface area contributed by atoms with Crippen molar-refractivity contribution in [3.05, 3.63) is 107 Å². The van der Waals surface area contributed by atoms with Crippen molar-refractivity contribution in [1.82, 2.24) is 4.98 Å². The molecule has 0 fully saturated rings. The van der Waals surface area contributed by atoms with Gasteiger partial charge < -0.3 is 5.11 Å². The Morgan fingerprint density at radius 1 is 0.818 bits per heavy atom. The third kappa shape index (κ3) is 3.50. The number of fused-ring (bicyclic) bond motifs is 3.